The first-order chi connectivity index (χ1) is 14.3. The van der Waals surface area contributed by atoms with Gasteiger partial charge < -0.3 is 14.5 Å². The number of halogens is 3. The van der Waals surface area contributed by atoms with E-state index in [0.29, 0.717) is 6.61 Å². The molecule has 1 aliphatic carbocycles. The number of furan rings is 1. The van der Waals surface area contributed by atoms with Crippen LogP contribution in [0, 0.1) is 0 Å². The first-order valence-corrected chi connectivity index (χ1v) is 9.45. The Labute approximate surface area is 169 Å². The Kier molecular flexibility index (Phi) is 5.33. The molecule has 4 rings (SSSR count). The van der Waals surface area contributed by atoms with Crippen molar-refractivity contribution in [3.05, 3.63) is 54.2 Å². The third kappa shape index (κ3) is 4.09. The molecule has 0 radical (unpaired) electrons. The number of nitrogens with one attached hydrogen (secondary N) is 1. The molecule has 1 N–H and O–H groups in total. The maximum absolute atomic E-state index is 13.1. The Morgan fingerprint density at radius 3 is 2.77 bits per heavy atom. The van der Waals surface area contributed by atoms with Crippen molar-refractivity contribution in [3.63, 3.8) is 0 Å². The summed E-state index contributed by atoms with van der Waals surface area (Å²) in [7, 11) is 0. The summed E-state index contributed by atoms with van der Waals surface area (Å²) in [4.78, 5) is 16.1. The number of alkyl halides is 3. The van der Waals surface area contributed by atoms with Gasteiger partial charge in [-0.1, -0.05) is 6.07 Å². The van der Waals surface area contributed by atoms with Crippen molar-refractivity contribution in [3.8, 4) is 11.4 Å². The van der Waals surface area contributed by atoms with E-state index >= 15 is 0 Å². The zero-order valence-electron chi connectivity index (χ0n) is 16.0. The molecule has 0 aromatic carbocycles. The molecule has 3 heterocycles. The first-order valence-electron chi connectivity index (χ1n) is 9.45. The monoisotopic (exact) mass is 420 g/mol. The Hall–Kier alpha value is -3.14. The number of nitrogens with zero attached hydrogens (tertiary/aromatic N) is 3. The molecule has 0 aliphatic heterocycles. The van der Waals surface area contributed by atoms with Gasteiger partial charge in [0.15, 0.2) is 5.76 Å². The summed E-state index contributed by atoms with van der Waals surface area (Å²) in [6.45, 7) is 2.53. The van der Waals surface area contributed by atoms with Crippen LogP contribution >= 0.6 is 0 Å². The molecule has 3 aromatic rings. The maximum atomic E-state index is 13.1. The van der Waals surface area contributed by atoms with Crippen molar-refractivity contribution in [2.45, 2.75) is 38.1 Å². The van der Waals surface area contributed by atoms with E-state index in [2.05, 4.69) is 15.4 Å². The van der Waals surface area contributed by atoms with E-state index in [1.165, 1.54) is 24.5 Å². The summed E-state index contributed by atoms with van der Waals surface area (Å²) in [6, 6.07) is 6.65. The highest BCUT2D eigenvalue weighted by atomic mass is 19.4. The van der Waals surface area contributed by atoms with Crippen molar-refractivity contribution in [2.24, 2.45) is 0 Å². The highest BCUT2D eigenvalue weighted by Gasteiger charge is 2.34. The minimum atomic E-state index is -4.59. The van der Waals surface area contributed by atoms with Gasteiger partial charge in [-0.25, -0.2) is 4.98 Å². The lowest BCUT2D eigenvalue weighted by Gasteiger charge is -2.34. The van der Waals surface area contributed by atoms with Crippen LogP contribution in [0.25, 0.3) is 11.4 Å². The van der Waals surface area contributed by atoms with Gasteiger partial charge in [-0.2, -0.15) is 18.3 Å². The van der Waals surface area contributed by atoms with E-state index in [1.807, 2.05) is 6.92 Å². The average molecular weight is 420 g/mol. The van der Waals surface area contributed by atoms with Gasteiger partial charge >= 0.3 is 6.18 Å². The number of hydrogen-bond acceptors (Lipinski definition) is 5. The van der Waals surface area contributed by atoms with Gasteiger partial charge in [0.05, 0.1) is 29.8 Å². The molecule has 158 valence electrons. The van der Waals surface area contributed by atoms with E-state index in [1.54, 1.807) is 16.9 Å². The van der Waals surface area contributed by atoms with E-state index in [4.69, 9.17) is 9.15 Å². The summed E-state index contributed by atoms with van der Waals surface area (Å²) in [5, 5.41) is 7.10. The minimum Gasteiger partial charge on any atom is -0.459 e. The molecule has 0 bridgehead atoms. The predicted molar refractivity (Wildman–Crippen MR) is 101 cm³/mol. The largest absolute Gasteiger partial charge is 0.459 e. The SMILES string of the molecule is CCOC1CC(n2cc(NC(=O)c3ccco3)c(-c3cccc(C(F)(F)F)n3)n2)C1. The van der Waals surface area contributed by atoms with Crippen LogP contribution in [0.2, 0.25) is 0 Å². The summed E-state index contributed by atoms with van der Waals surface area (Å²) in [5.41, 5.74) is -0.610. The van der Waals surface area contributed by atoms with Crippen LogP contribution in [-0.4, -0.2) is 33.4 Å². The van der Waals surface area contributed by atoms with E-state index in [9.17, 15) is 18.0 Å². The Balaban J connectivity index is 1.66. The molecule has 1 saturated carbocycles. The van der Waals surface area contributed by atoms with E-state index in [-0.39, 0.29) is 35.0 Å². The van der Waals surface area contributed by atoms with Crippen LogP contribution in [-0.2, 0) is 10.9 Å². The molecule has 3 aromatic heterocycles. The molecular weight excluding hydrogens is 401 g/mol. The standard InChI is InChI=1S/C20H19F3N4O3/c1-2-29-13-9-12(10-13)27-11-15(25-19(28)16-6-4-8-30-16)18(26-27)14-5-3-7-17(24-14)20(21,22)23/h3-8,11-13H,2,9-10H2,1H3,(H,25,28). The summed E-state index contributed by atoms with van der Waals surface area (Å²) < 4.78 is 51.6. The molecule has 0 unspecified atom stereocenters. The van der Waals surface area contributed by atoms with E-state index < -0.39 is 17.8 Å². The van der Waals surface area contributed by atoms with Crippen LogP contribution in [0.15, 0.2) is 47.2 Å². The molecule has 1 fully saturated rings. The summed E-state index contributed by atoms with van der Waals surface area (Å²) in [5.74, 6) is -0.459. The van der Waals surface area contributed by atoms with Crippen molar-refractivity contribution in [2.75, 3.05) is 11.9 Å². The zero-order chi connectivity index (χ0) is 21.3. The van der Waals surface area contributed by atoms with Gasteiger partial charge in [0.2, 0.25) is 0 Å². The normalized spacial score (nSPS) is 18.8. The molecule has 0 saturated heterocycles. The lowest BCUT2D eigenvalue weighted by atomic mass is 9.89. The van der Waals surface area contributed by atoms with Gasteiger partial charge in [0.1, 0.15) is 11.4 Å². The molecular formula is C20H19F3N4O3. The second kappa shape index (κ2) is 7.94. The minimum absolute atomic E-state index is 0.0130. The number of anilines is 1. The van der Waals surface area contributed by atoms with Crippen LogP contribution < -0.4 is 5.32 Å². The fraction of sp³-hybridized carbons (Fsp3) is 0.350. The molecule has 0 spiro atoms. The number of aromatic nitrogens is 3. The lowest BCUT2D eigenvalue weighted by molar-refractivity contribution is -0.141. The molecule has 7 nitrogen and oxygen atoms in total. The number of rotatable bonds is 6. The highest BCUT2D eigenvalue weighted by Crippen LogP contribution is 2.37. The number of hydrogen-bond donors (Lipinski definition) is 1. The van der Waals surface area contributed by atoms with Crippen molar-refractivity contribution in [1.29, 1.82) is 0 Å². The molecule has 10 heteroatoms. The van der Waals surface area contributed by atoms with Crippen LogP contribution in [0.4, 0.5) is 18.9 Å². The number of carbonyl (C=O) groups is 1. The zero-order valence-corrected chi connectivity index (χ0v) is 16.0. The van der Waals surface area contributed by atoms with Crippen molar-refractivity contribution < 1.29 is 27.1 Å². The second-order valence-corrected chi connectivity index (χ2v) is 6.91. The topological polar surface area (TPSA) is 82.2 Å². The number of pyridine rings is 1. The Bertz CT molecular complexity index is 1020. The first kappa shape index (κ1) is 20.1. The number of ether oxygens (including phenoxy) is 1. The maximum Gasteiger partial charge on any atom is 0.433 e. The van der Waals surface area contributed by atoms with Crippen molar-refractivity contribution in [1.82, 2.24) is 14.8 Å². The average Bonchev–Trinajstić information content (AvgIpc) is 3.34. The lowest BCUT2D eigenvalue weighted by Crippen LogP contribution is -2.33. The summed E-state index contributed by atoms with van der Waals surface area (Å²) in [6.07, 6.45) is -0.0385. The molecule has 1 amide bonds. The fourth-order valence-corrected chi connectivity index (χ4v) is 3.30. The third-order valence-corrected chi connectivity index (χ3v) is 4.85. The summed E-state index contributed by atoms with van der Waals surface area (Å²) >= 11 is 0. The van der Waals surface area contributed by atoms with Gasteiger partial charge in [-0.15, -0.1) is 0 Å². The highest BCUT2D eigenvalue weighted by molar-refractivity contribution is 6.03. The van der Waals surface area contributed by atoms with Crippen LogP contribution in [0.5, 0.6) is 0 Å². The Morgan fingerprint density at radius 1 is 1.30 bits per heavy atom. The molecule has 30 heavy (non-hydrogen) atoms. The van der Waals surface area contributed by atoms with Gasteiger partial charge in [-0.05, 0) is 44.0 Å². The quantitative estimate of drug-likeness (QED) is 0.633. The van der Waals surface area contributed by atoms with Gasteiger partial charge in [0, 0.05) is 12.8 Å². The molecule has 1 aliphatic rings. The van der Waals surface area contributed by atoms with Crippen molar-refractivity contribution >= 4 is 11.6 Å². The van der Waals surface area contributed by atoms with Crippen LogP contribution in [0.1, 0.15) is 42.1 Å². The third-order valence-electron chi connectivity index (χ3n) is 4.85. The molecule has 0 atom stereocenters. The smallest absolute Gasteiger partial charge is 0.433 e. The fourth-order valence-electron chi connectivity index (χ4n) is 3.30. The Morgan fingerprint density at radius 2 is 2.10 bits per heavy atom. The van der Waals surface area contributed by atoms with E-state index in [0.717, 1.165) is 18.9 Å². The van der Waals surface area contributed by atoms with Gasteiger partial charge in [-0.3, -0.25) is 9.48 Å². The number of carbonyl (C=O) groups excluding carboxylic acids is 1. The van der Waals surface area contributed by atoms with Gasteiger partial charge in [0.25, 0.3) is 5.91 Å². The number of amides is 1. The predicted octanol–water partition coefficient (Wildman–Crippen LogP) is 4.55. The second-order valence-electron chi connectivity index (χ2n) is 6.91. The van der Waals surface area contributed by atoms with Crippen LogP contribution in [0.3, 0.4) is 0 Å².